The van der Waals surface area contributed by atoms with E-state index < -0.39 is 0 Å². The van der Waals surface area contributed by atoms with Gasteiger partial charge in [-0.15, -0.1) is 0 Å². The van der Waals surface area contributed by atoms with Gasteiger partial charge in [-0.3, -0.25) is 4.79 Å². The van der Waals surface area contributed by atoms with Crippen LogP contribution in [0.3, 0.4) is 0 Å². The second-order valence-electron chi connectivity index (χ2n) is 3.37. The normalized spacial score (nSPS) is 10.2. The largest absolute Gasteiger partial charge is 0.326 e. The SMILES string of the molecule is CSCCC(=O)Nc1cc(Br)c(F)cc1C. The molecular formula is C11H13BrFNOS. The van der Waals surface area contributed by atoms with E-state index in [4.69, 9.17) is 0 Å². The minimum absolute atomic E-state index is 0.0454. The van der Waals surface area contributed by atoms with E-state index in [1.807, 2.05) is 6.26 Å². The van der Waals surface area contributed by atoms with Crippen molar-refractivity contribution < 1.29 is 9.18 Å². The quantitative estimate of drug-likeness (QED) is 0.921. The molecule has 1 N–H and O–H groups in total. The van der Waals surface area contributed by atoms with Gasteiger partial charge in [0.25, 0.3) is 0 Å². The van der Waals surface area contributed by atoms with Gasteiger partial charge in [-0.1, -0.05) is 0 Å². The van der Waals surface area contributed by atoms with Gasteiger partial charge in [-0.25, -0.2) is 4.39 Å². The number of halogens is 2. The highest BCUT2D eigenvalue weighted by Gasteiger charge is 2.08. The van der Waals surface area contributed by atoms with Gasteiger partial charge in [0.15, 0.2) is 0 Å². The van der Waals surface area contributed by atoms with Gasteiger partial charge in [-0.2, -0.15) is 11.8 Å². The van der Waals surface area contributed by atoms with E-state index in [2.05, 4.69) is 21.2 Å². The maximum atomic E-state index is 13.1. The van der Waals surface area contributed by atoms with E-state index in [0.29, 0.717) is 16.6 Å². The highest BCUT2D eigenvalue weighted by molar-refractivity contribution is 9.10. The number of nitrogens with one attached hydrogen (secondary N) is 1. The van der Waals surface area contributed by atoms with Gasteiger partial charge in [0.2, 0.25) is 5.91 Å². The molecule has 1 aromatic carbocycles. The maximum absolute atomic E-state index is 13.1. The summed E-state index contributed by atoms with van der Waals surface area (Å²) in [5.41, 5.74) is 1.37. The average Bonchev–Trinajstić information content (AvgIpc) is 2.23. The van der Waals surface area contributed by atoms with E-state index >= 15 is 0 Å². The molecule has 0 bridgehead atoms. The zero-order chi connectivity index (χ0) is 12.1. The summed E-state index contributed by atoms with van der Waals surface area (Å²) in [5.74, 6) is 0.420. The van der Waals surface area contributed by atoms with E-state index in [1.165, 1.54) is 6.07 Å². The highest BCUT2D eigenvalue weighted by atomic mass is 79.9. The number of benzene rings is 1. The number of hydrogen-bond acceptors (Lipinski definition) is 2. The number of aryl methyl sites for hydroxylation is 1. The number of hydrogen-bond donors (Lipinski definition) is 1. The lowest BCUT2D eigenvalue weighted by atomic mass is 10.2. The first-order valence-electron chi connectivity index (χ1n) is 4.79. The lowest BCUT2D eigenvalue weighted by Gasteiger charge is -2.09. The predicted molar refractivity (Wildman–Crippen MR) is 70.5 cm³/mol. The van der Waals surface area contributed by atoms with Crippen LogP contribution in [0.2, 0.25) is 0 Å². The minimum atomic E-state index is -0.320. The lowest BCUT2D eigenvalue weighted by molar-refractivity contribution is -0.115. The van der Waals surface area contributed by atoms with Crippen LogP contribution in [0.5, 0.6) is 0 Å². The van der Waals surface area contributed by atoms with Gasteiger partial charge >= 0.3 is 0 Å². The summed E-state index contributed by atoms with van der Waals surface area (Å²) < 4.78 is 13.5. The van der Waals surface area contributed by atoms with Gasteiger partial charge in [0.1, 0.15) is 5.82 Å². The van der Waals surface area contributed by atoms with Gasteiger partial charge in [-0.05, 0) is 46.8 Å². The Morgan fingerprint density at radius 2 is 2.25 bits per heavy atom. The molecule has 0 saturated heterocycles. The van der Waals surface area contributed by atoms with Crippen LogP contribution in [0.15, 0.2) is 16.6 Å². The molecule has 0 aliphatic heterocycles. The lowest BCUT2D eigenvalue weighted by Crippen LogP contribution is -2.13. The van der Waals surface area contributed by atoms with Crippen molar-refractivity contribution in [2.75, 3.05) is 17.3 Å². The van der Waals surface area contributed by atoms with Crippen molar-refractivity contribution in [2.45, 2.75) is 13.3 Å². The van der Waals surface area contributed by atoms with Crippen LogP contribution in [0.4, 0.5) is 10.1 Å². The summed E-state index contributed by atoms with van der Waals surface area (Å²) in [6.45, 7) is 1.76. The smallest absolute Gasteiger partial charge is 0.225 e. The van der Waals surface area contributed by atoms with Crippen LogP contribution >= 0.6 is 27.7 Å². The summed E-state index contributed by atoms with van der Waals surface area (Å²) in [4.78, 5) is 11.5. The third-order valence-electron chi connectivity index (χ3n) is 2.07. The molecule has 0 atom stereocenters. The molecule has 0 aliphatic rings. The monoisotopic (exact) mass is 305 g/mol. The summed E-state index contributed by atoms with van der Waals surface area (Å²) >= 11 is 4.71. The van der Waals surface area contributed by atoms with Crippen LogP contribution in [0.25, 0.3) is 0 Å². The van der Waals surface area contributed by atoms with Gasteiger partial charge < -0.3 is 5.32 Å². The topological polar surface area (TPSA) is 29.1 Å². The Morgan fingerprint density at radius 1 is 1.56 bits per heavy atom. The molecule has 0 spiro atoms. The Balaban J connectivity index is 2.73. The average molecular weight is 306 g/mol. The van der Waals surface area contributed by atoms with Crippen LogP contribution < -0.4 is 5.32 Å². The van der Waals surface area contributed by atoms with Crippen LogP contribution in [-0.4, -0.2) is 17.9 Å². The van der Waals surface area contributed by atoms with Crippen molar-refractivity contribution in [1.82, 2.24) is 0 Å². The first kappa shape index (κ1) is 13.5. The van der Waals surface area contributed by atoms with Crippen LogP contribution in [0, 0.1) is 12.7 Å². The molecule has 1 aromatic rings. The van der Waals surface area contributed by atoms with Gasteiger partial charge in [0.05, 0.1) is 4.47 Å². The fraction of sp³-hybridized carbons (Fsp3) is 0.364. The molecule has 16 heavy (non-hydrogen) atoms. The summed E-state index contributed by atoms with van der Waals surface area (Å²) in [7, 11) is 0. The third-order valence-corrected chi connectivity index (χ3v) is 3.29. The minimum Gasteiger partial charge on any atom is -0.326 e. The molecule has 0 saturated carbocycles. The first-order valence-corrected chi connectivity index (χ1v) is 6.97. The van der Waals surface area contributed by atoms with E-state index in [0.717, 1.165) is 11.3 Å². The Morgan fingerprint density at radius 3 is 2.88 bits per heavy atom. The van der Waals surface area contributed by atoms with Crippen molar-refractivity contribution in [3.05, 3.63) is 28.0 Å². The van der Waals surface area contributed by atoms with Crippen LogP contribution in [0.1, 0.15) is 12.0 Å². The van der Waals surface area contributed by atoms with Gasteiger partial charge in [0, 0.05) is 17.9 Å². The zero-order valence-electron chi connectivity index (χ0n) is 9.14. The number of anilines is 1. The Hall–Kier alpha value is -0.550. The number of carbonyl (C=O) groups excluding carboxylic acids is 1. The molecule has 0 aromatic heterocycles. The molecule has 1 amide bonds. The predicted octanol–water partition coefficient (Wildman–Crippen LogP) is 3.59. The third kappa shape index (κ3) is 3.79. The van der Waals surface area contributed by atoms with E-state index in [9.17, 15) is 9.18 Å². The van der Waals surface area contributed by atoms with Crippen molar-refractivity contribution in [1.29, 1.82) is 0 Å². The highest BCUT2D eigenvalue weighted by Crippen LogP contribution is 2.24. The molecule has 88 valence electrons. The molecule has 0 fully saturated rings. The van der Waals surface area contributed by atoms with Crippen molar-refractivity contribution >= 4 is 39.3 Å². The molecule has 0 radical (unpaired) electrons. The number of thioether (sulfide) groups is 1. The summed E-state index contributed by atoms with van der Waals surface area (Å²) in [6.07, 6.45) is 2.42. The molecular weight excluding hydrogens is 293 g/mol. The first-order chi connectivity index (χ1) is 7.54. The molecule has 5 heteroatoms. The summed E-state index contributed by atoms with van der Waals surface area (Å²) in [5, 5.41) is 2.76. The fourth-order valence-electron chi connectivity index (χ4n) is 1.19. The molecule has 2 nitrogen and oxygen atoms in total. The number of amides is 1. The zero-order valence-corrected chi connectivity index (χ0v) is 11.5. The fourth-order valence-corrected chi connectivity index (χ4v) is 1.92. The molecule has 0 aliphatic carbocycles. The Labute approximate surface area is 107 Å². The Bertz CT molecular complexity index is 398. The second-order valence-corrected chi connectivity index (χ2v) is 5.21. The summed E-state index contributed by atoms with van der Waals surface area (Å²) in [6, 6.07) is 2.98. The number of carbonyl (C=O) groups is 1. The van der Waals surface area contributed by atoms with Crippen molar-refractivity contribution in [3.8, 4) is 0 Å². The Kier molecular flexibility index (Phi) is 5.28. The van der Waals surface area contributed by atoms with Crippen molar-refractivity contribution in [2.24, 2.45) is 0 Å². The van der Waals surface area contributed by atoms with Crippen molar-refractivity contribution in [3.63, 3.8) is 0 Å². The van der Waals surface area contributed by atoms with Crippen LogP contribution in [-0.2, 0) is 4.79 Å². The molecule has 1 rings (SSSR count). The maximum Gasteiger partial charge on any atom is 0.225 e. The van der Waals surface area contributed by atoms with E-state index in [-0.39, 0.29) is 11.7 Å². The molecule has 0 heterocycles. The van der Waals surface area contributed by atoms with E-state index in [1.54, 1.807) is 24.8 Å². The standard InChI is InChI=1S/C11H13BrFNOS/c1-7-5-9(13)8(12)6-10(7)14-11(15)3-4-16-2/h5-6H,3-4H2,1-2H3,(H,14,15). The molecule has 0 unspecified atom stereocenters. The second kappa shape index (κ2) is 6.25. The number of rotatable bonds is 4.